The monoisotopic (exact) mass is 416 g/mol. The topological polar surface area (TPSA) is 60.2 Å². The lowest BCUT2D eigenvalue weighted by Crippen LogP contribution is -2.31. The molecular formula is C23H20N4O2S. The lowest BCUT2D eigenvalue weighted by atomic mass is 10.2. The van der Waals surface area contributed by atoms with E-state index in [0.717, 1.165) is 16.9 Å². The molecule has 2 aromatic carbocycles. The SMILES string of the molecule is C=CCN(C(=O)c1nn(-c2ccccc2)cc1OC)c1nc(-c2ccccc2)cs1. The second-order valence-electron chi connectivity index (χ2n) is 6.41. The van der Waals surface area contributed by atoms with Crippen molar-refractivity contribution in [2.75, 3.05) is 18.6 Å². The van der Waals surface area contributed by atoms with E-state index in [9.17, 15) is 4.79 Å². The summed E-state index contributed by atoms with van der Waals surface area (Å²) in [4.78, 5) is 19.6. The van der Waals surface area contributed by atoms with Crippen molar-refractivity contribution in [1.29, 1.82) is 0 Å². The first-order valence-corrected chi connectivity index (χ1v) is 10.2. The van der Waals surface area contributed by atoms with Gasteiger partial charge in [-0.3, -0.25) is 9.69 Å². The molecule has 0 saturated carbocycles. The van der Waals surface area contributed by atoms with Gasteiger partial charge in [-0.15, -0.1) is 17.9 Å². The third-order valence-electron chi connectivity index (χ3n) is 4.47. The summed E-state index contributed by atoms with van der Waals surface area (Å²) in [6.07, 6.45) is 3.37. The second kappa shape index (κ2) is 8.75. The van der Waals surface area contributed by atoms with Crippen molar-refractivity contribution < 1.29 is 9.53 Å². The number of para-hydroxylation sites is 1. The van der Waals surface area contributed by atoms with E-state index in [1.165, 1.54) is 18.4 Å². The van der Waals surface area contributed by atoms with Gasteiger partial charge in [-0.1, -0.05) is 54.6 Å². The standard InChI is InChI=1S/C23H20N4O2S/c1-3-14-26(23-24-19(16-30-23)17-10-6-4-7-11-17)22(28)21-20(29-2)15-27(25-21)18-12-8-5-9-13-18/h3-13,15-16H,1,14H2,2H3. The molecule has 0 fully saturated rings. The average molecular weight is 417 g/mol. The van der Waals surface area contributed by atoms with E-state index in [4.69, 9.17) is 4.74 Å². The zero-order valence-electron chi connectivity index (χ0n) is 16.4. The number of nitrogens with zero attached hydrogens (tertiary/aromatic N) is 4. The normalized spacial score (nSPS) is 10.6. The molecule has 0 aliphatic carbocycles. The average Bonchev–Trinajstić information content (AvgIpc) is 3.46. The Morgan fingerprint density at radius 1 is 1.17 bits per heavy atom. The van der Waals surface area contributed by atoms with Crippen LogP contribution in [0.5, 0.6) is 5.75 Å². The van der Waals surface area contributed by atoms with E-state index < -0.39 is 0 Å². The van der Waals surface area contributed by atoms with E-state index >= 15 is 0 Å². The van der Waals surface area contributed by atoms with Crippen LogP contribution in [0.1, 0.15) is 10.5 Å². The molecule has 0 atom stereocenters. The van der Waals surface area contributed by atoms with E-state index in [1.54, 1.807) is 21.9 Å². The lowest BCUT2D eigenvalue weighted by molar-refractivity contribution is 0.0981. The summed E-state index contributed by atoms with van der Waals surface area (Å²) in [6, 6.07) is 19.4. The van der Waals surface area contributed by atoms with Crippen LogP contribution in [-0.4, -0.2) is 34.3 Å². The third kappa shape index (κ3) is 3.88. The van der Waals surface area contributed by atoms with Crippen molar-refractivity contribution in [3.63, 3.8) is 0 Å². The van der Waals surface area contributed by atoms with Gasteiger partial charge in [0.25, 0.3) is 5.91 Å². The van der Waals surface area contributed by atoms with Crippen LogP contribution in [0.15, 0.2) is 84.9 Å². The molecule has 4 aromatic rings. The fraction of sp³-hybridized carbons (Fsp3) is 0.0870. The molecule has 2 heterocycles. The Morgan fingerprint density at radius 3 is 2.53 bits per heavy atom. The van der Waals surface area contributed by atoms with Gasteiger partial charge in [-0.2, -0.15) is 5.10 Å². The number of methoxy groups -OCH3 is 1. The maximum Gasteiger partial charge on any atom is 0.284 e. The van der Waals surface area contributed by atoms with Gasteiger partial charge in [0.05, 0.1) is 24.7 Å². The van der Waals surface area contributed by atoms with Crippen molar-refractivity contribution >= 4 is 22.4 Å². The maximum absolute atomic E-state index is 13.4. The highest BCUT2D eigenvalue weighted by Crippen LogP contribution is 2.30. The van der Waals surface area contributed by atoms with Crippen molar-refractivity contribution in [2.45, 2.75) is 0 Å². The highest BCUT2D eigenvalue weighted by molar-refractivity contribution is 7.14. The summed E-state index contributed by atoms with van der Waals surface area (Å²) in [5.41, 5.74) is 2.88. The highest BCUT2D eigenvalue weighted by Gasteiger charge is 2.26. The van der Waals surface area contributed by atoms with Gasteiger partial charge in [-0.05, 0) is 12.1 Å². The Bertz CT molecular complexity index is 1150. The minimum absolute atomic E-state index is 0.222. The Labute approximate surface area is 178 Å². The molecule has 0 radical (unpaired) electrons. The number of amides is 1. The first-order chi connectivity index (χ1) is 14.7. The molecule has 0 saturated heterocycles. The number of thiazole rings is 1. The smallest absolute Gasteiger partial charge is 0.284 e. The molecule has 4 rings (SSSR count). The predicted octanol–water partition coefficient (Wildman–Crippen LogP) is 4.84. The molecule has 0 bridgehead atoms. The summed E-state index contributed by atoms with van der Waals surface area (Å²) < 4.78 is 7.07. The van der Waals surface area contributed by atoms with Crippen LogP contribution < -0.4 is 9.64 Å². The van der Waals surface area contributed by atoms with Gasteiger partial charge in [0.2, 0.25) is 0 Å². The van der Waals surface area contributed by atoms with Crippen LogP contribution in [0.25, 0.3) is 16.9 Å². The predicted molar refractivity (Wildman–Crippen MR) is 120 cm³/mol. The van der Waals surface area contributed by atoms with E-state index in [-0.39, 0.29) is 11.6 Å². The van der Waals surface area contributed by atoms with Gasteiger partial charge in [-0.25, -0.2) is 9.67 Å². The van der Waals surface area contributed by atoms with Gasteiger partial charge < -0.3 is 4.74 Å². The number of carbonyl (C=O) groups is 1. The Balaban J connectivity index is 1.69. The molecule has 30 heavy (non-hydrogen) atoms. The maximum atomic E-state index is 13.4. The fourth-order valence-electron chi connectivity index (χ4n) is 3.00. The number of aromatic nitrogens is 3. The molecule has 6 nitrogen and oxygen atoms in total. The van der Waals surface area contributed by atoms with E-state index in [0.29, 0.717) is 17.4 Å². The van der Waals surface area contributed by atoms with Gasteiger partial charge in [0, 0.05) is 17.5 Å². The highest BCUT2D eigenvalue weighted by atomic mass is 32.1. The minimum Gasteiger partial charge on any atom is -0.493 e. The van der Waals surface area contributed by atoms with Gasteiger partial charge in [0.15, 0.2) is 16.6 Å². The number of benzene rings is 2. The van der Waals surface area contributed by atoms with E-state index in [2.05, 4.69) is 16.7 Å². The molecule has 0 aliphatic heterocycles. The summed E-state index contributed by atoms with van der Waals surface area (Å²) in [5, 5.41) is 7.00. The van der Waals surface area contributed by atoms with Gasteiger partial charge in [0.1, 0.15) is 0 Å². The van der Waals surface area contributed by atoms with Crippen LogP contribution in [0, 0.1) is 0 Å². The Hall–Kier alpha value is -3.71. The molecule has 0 unspecified atom stereocenters. The lowest BCUT2D eigenvalue weighted by Gasteiger charge is -2.17. The van der Waals surface area contributed by atoms with Crippen molar-refractivity contribution in [3.8, 4) is 22.7 Å². The fourth-order valence-corrected chi connectivity index (χ4v) is 3.84. The zero-order chi connectivity index (χ0) is 20.9. The van der Waals surface area contributed by atoms with Crippen molar-refractivity contribution in [2.24, 2.45) is 0 Å². The van der Waals surface area contributed by atoms with Crippen LogP contribution in [-0.2, 0) is 0 Å². The Morgan fingerprint density at radius 2 is 1.87 bits per heavy atom. The van der Waals surface area contributed by atoms with Crippen LogP contribution >= 0.6 is 11.3 Å². The molecular weight excluding hydrogens is 396 g/mol. The summed E-state index contributed by atoms with van der Waals surface area (Å²) in [7, 11) is 1.53. The molecule has 0 N–H and O–H groups in total. The van der Waals surface area contributed by atoms with Crippen LogP contribution in [0.2, 0.25) is 0 Å². The Kier molecular flexibility index (Phi) is 5.72. The third-order valence-corrected chi connectivity index (χ3v) is 5.34. The van der Waals surface area contributed by atoms with Crippen molar-refractivity contribution in [3.05, 3.63) is 90.6 Å². The van der Waals surface area contributed by atoms with Crippen molar-refractivity contribution in [1.82, 2.24) is 14.8 Å². The summed E-state index contributed by atoms with van der Waals surface area (Å²) in [5.74, 6) is 0.105. The second-order valence-corrected chi connectivity index (χ2v) is 7.25. The minimum atomic E-state index is -0.296. The summed E-state index contributed by atoms with van der Waals surface area (Å²) >= 11 is 1.40. The van der Waals surface area contributed by atoms with E-state index in [1.807, 2.05) is 66.0 Å². The number of rotatable bonds is 7. The molecule has 0 aliphatic rings. The first-order valence-electron chi connectivity index (χ1n) is 9.34. The molecule has 2 aromatic heterocycles. The van der Waals surface area contributed by atoms with Crippen LogP contribution in [0.4, 0.5) is 5.13 Å². The molecule has 0 spiro atoms. The number of carbonyl (C=O) groups excluding carboxylic acids is 1. The molecule has 1 amide bonds. The number of hydrogen-bond acceptors (Lipinski definition) is 5. The zero-order valence-corrected chi connectivity index (χ0v) is 17.2. The van der Waals surface area contributed by atoms with Gasteiger partial charge >= 0.3 is 0 Å². The molecule has 7 heteroatoms. The van der Waals surface area contributed by atoms with Crippen LogP contribution in [0.3, 0.4) is 0 Å². The summed E-state index contributed by atoms with van der Waals surface area (Å²) in [6.45, 7) is 4.10. The number of hydrogen-bond donors (Lipinski definition) is 0. The number of ether oxygens (including phenoxy) is 1. The molecule has 150 valence electrons. The first kappa shape index (κ1) is 19.6. The quantitative estimate of drug-likeness (QED) is 0.405. The number of anilines is 1. The largest absolute Gasteiger partial charge is 0.493 e.